The first-order valence-electron chi connectivity index (χ1n) is 4.34. The largest absolute Gasteiger partial charge is 0.454 e. The molecule has 1 atom stereocenters. The Hall–Kier alpha value is -0.440. The van der Waals surface area contributed by atoms with E-state index in [1.54, 1.807) is 12.1 Å². The van der Waals surface area contributed by atoms with Crippen LogP contribution in [0.5, 0.6) is 0 Å². The molecule has 0 radical (unpaired) electrons. The van der Waals surface area contributed by atoms with Crippen LogP contribution in [0.4, 0.5) is 0 Å². The van der Waals surface area contributed by atoms with Gasteiger partial charge in [0.15, 0.2) is 6.10 Å². The van der Waals surface area contributed by atoms with Crippen LogP contribution >= 0.6 is 34.8 Å². The number of cyclic esters (lactones) is 1. The number of rotatable bonds is 0. The molecule has 1 aliphatic rings. The van der Waals surface area contributed by atoms with Gasteiger partial charge in [-0.1, -0.05) is 53.0 Å². The van der Waals surface area contributed by atoms with Crippen molar-refractivity contribution in [3.05, 3.63) is 35.4 Å². The molecule has 2 nitrogen and oxygen atoms in total. The molecule has 15 heavy (non-hydrogen) atoms. The summed E-state index contributed by atoms with van der Waals surface area (Å²) in [5.41, 5.74) is 1.40. The molecule has 0 saturated heterocycles. The fourth-order valence-electron chi connectivity index (χ4n) is 1.51. The first-order valence-corrected chi connectivity index (χ1v) is 5.47. The van der Waals surface area contributed by atoms with Gasteiger partial charge in [0.25, 0.3) is 0 Å². The highest BCUT2D eigenvalue weighted by molar-refractivity contribution is 6.68. The number of benzene rings is 1. The number of esters is 1. The van der Waals surface area contributed by atoms with Crippen molar-refractivity contribution < 1.29 is 9.53 Å². The van der Waals surface area contributed by atoms with Gasteiger partial charge in [-0.3, -0.25) is 0 Å². The summed E-state index contributed by atoms with van der Waals surface area (Å²) in [7, 11) is 0. The van der Waals surface area contributed by atoms with Gasteiger partial charge in [-0.15, -0.1) is 0 Å². The van der Waals surface area contributed by atoms with E-state index in [4.69, 9.17) is 39.5 Å². The zero-order valence-corrected chi connectivity index (χ0v) is 9.81. The minimum absolute atomic E-state index is 0.429. The van der Waals surface area contributed by atoms with E-state index in [2.05, 4.69) is 0 Å². The van der Waals surface area contributed by atoms with Crippen LogP contribution < -0.4 is 0 Å². The van der Waals surface area contributed by atoms with Crippen LogP contribution in [-0.2, 0) is 11.2 Å². The molecule has 1 aromatic carbocycles. The molecule has 0 spiro atoms. The first kappa shape index (κ1) is 11.1. The van der Waals surface area contributed by atoms with E-state index in [1.807, 2.05) is 12.1 Å². The Morgan fingerprint density at radius 1 is 1.27 bits per heavy atom. The fourth-order valence-corrected chi connectivity index (χ4v) is 1.88. The molecule has 1 heterocycles. The van der Waals surface area contributed by atoms with E-state index in [0.717, 1.165) is 5.56 Å². The van der Waals surface area contributed by atoms with Crippen LogP contribution in [-0.4, -0.2) is 15.9 Å². The maximum atomic E-state index is 11.5. The molecule has 0 aromatic heterocycles. The topological polar surface area (TPSA) is 26.3 Å². The predicted octanol–water partition coefficient (Wildman–Crippen LogP) is 3.14. The Kier molecular flexibility index (Phi) is 2.84. The van der Waals surface area contributed by atoms with Gasteiger partial charge in [-0.05, 0) is 11.6 Å². The van der Waals surface area contributed by atoms with Gasteiger partial charge in [0.1, 0.15) is 0 Å². The molecule has 0 amide bonds. The number of fused-ring (bicyclic) bond motifs is 1. The quantitative estimate of drug-likeness (QED) is 0.532. The van der Waals surface area contributed by atoms with Gasteiger partial charge in [-0.2, -0.15) is 0 Å². The molecule has 80 valence electrons. The van der Waals surface area contributed by atoms with E-state index in [-0.39, 0.29) is 0 Å². The second kappa shape index (κ2) is 3.85. The van der Waals surface area contributed by atoms with Gasteiger partial charge in [-0.25, -0.2) is 4.79 Å². The lowest BCUT2D eigenvalue weighted by Crippen LogP contribution is -2.37. The number of ether oxygens (including phenoxy) is 1. The summed E-state index contributed by atoms with van der Waals surface area (Å²) in [4.78, 5) is 11.5. The highest BCUT2D eigenvalue weighted by atomic mass is 35.6. The lowest BCUT2D eigenvalue weighted by molar-refractivity contribution is 0.0267. The summed E-state index contributed by atoms with van der Waals surface area (Å²) in [5.74, 6) is -0.437. The maximum Gasteiger partial charge on any atom is 0.338 e. The molecule has 1 aromatic rings. The standard InChI is InChI=1S/C10H7Cl3O2/c11-10(12,13)8-5-6-3-1-2-4-7(6)9(14)15-8/h1-4,8H,5H2/t8-/m1/s1. The number of carbonyl (C=O) groups excluding carboxylic acids is 1. The summed E-state index contributed by atoms with van der Waals surface area (Å²) < 4.78 is 3.46. The summed E-state index contributed by atoms with van der Waals surface area (Å²) in [5, 5.41) is 0. The Morgan fingerprint density at radius 3 is 2.60 bits per heavy atom. The number of hydrogen-bond acceptors (Lipinski definition) is 2. The molecule has 1 aliphatic heterocycles. The monoisotopic (exact) mass is 264 g/mol. The van der Waals surface area contributed by atoms with Crippen molar-refractivity contribution in [2.45, 2.75) is 16.3 Å². The highest BCUT2D eigenvalue weighted by Gasteiger charge is 2.39. The van der Waals surface area contributed by atoms with E-state index in [9.17, 15) is 4.79 Å². The van der Waals surface area contributed by atoms with Crippen molar-refractivity contribution in [2.75, 3.05) is 0 Å². The number of carbonyl (C=O) groups is 1. The van der Waals surface area contributed by atoms with Crippen LogP contribution in [0.1, 0.15) is 15.9 Å². The van der Waals surface area contributed by atoms with Gasteiger partial charge in [0.05, 0.1) is 5.56 Å². The van der Waals surface area contributed by atoms with Crippen molar-refractivity contribution >= 4 is 40.8 Å². The lowest BCUT2D eigenvalue weighted by atomic mass is 9.99. The first-order chi connectivity index (χ1) is 6.98. The van der Waals surface area contributed by atoms with Crippen molar-refractivity contribution in [3.8, 4) is 0 Å². The lowest BCUT2D eigenvalue weighted by Gasteiger charge is -2.29. The van der Waals surface area contributed by atoms with Crippen LogP contribution in [0.3, 0.4) is 0 Å². The summed E-state index contributed by atoms with van der Waals surface area (Å²) in [6.07, 6.45) is -0.289. The second-order valence-corrected chi connectivity index (χ2v) is 5.67. The normalized spacial score (nSPS) is 20.7. The molecule has 0 aliphatic carbocycles. The average Bonchev–Trinajstić information content (AvgIpc) is 2.16. The minimum Gasteiger partial charge on any atom is -0.454 e. The smallest absolute Gasteiger partial charge is 0.338 e. The molecule has 0 saturated carbocycles. The molecular weight excluding hydrogens is 258 g/mol. The Bertz CT molecular complexity index is 398. The minimum atomic E-state index is -1.58. The average molecular weight is 266 g/mol. The summed E-state index contributed by atoms with van der Waals surface area (Å²) >= 11 is 17.1. The number of halogens is 3. The molecular formula is C10H7Cl3O2. The summed E-state index contributed by atoms with van der Waals surface area (Å²) in [6.45, 7) is 0. The van der Waals surface area contributed by atoms with Crippen LogP contribution in [0.2, 0.25) is 0 Å². The van der Waals surface area contributed by atoms with Crippen molar-refractivity contribution in [3.63, 3.8) is 0 Å². The van der Waals surface area contributed by atoms with Gasteiger partial charge < -0.3 is 4.74 Å². The maximum absolute atomic E-state index is 11.5. The third kappa shape index (κ3) is 2.22. The number of hydrogen-bond donors (Lipinski definition) is 0. The van der Waals surface area contributed by atoms with Crippen LogP contribution in [0, 0.1) is 0 Å². The van der Waals surface area contributed by atoms with Crippen LogP contribution in [0.25, 0.3) is 0 Å². The van der Waals surface area contributed by atoms with E-state index in [1.165, 1.54) is 0 Å². The Balaban J connectivity index is 2.35. The number of alkyl halides is 3. The van der Waals surface area contributed by atoms with Gasteiger partial charge in [0.2, 0.25) is 3.79 Å². The van der Waals surface area contributed by atoms with Crippen molar-refractivity contribution in [2.24, 2.45) is 0 Å². The third-order valence-electron chi connectivity index (χ3n) is 2.26. The van der Waals surface area contributed by atoms with Gasteiger partial charge in [0, 0.05) is 6.42 Å². The SMILES string of the molecule is O=C1O[C@@H](C(Cl)(Cl)Cl)Cc2ccccc21. The zero-order chi connectivity index (χ0) is 11.1. The zero-order valence-electron chi connectivity index (χ0n) is 7.54. The van der Waals surface area contributed by atoms with Crippen molar-refractivity contribution in [1.29, 1.82) is 0 Å². The molecule has 0 N–H and O–H groups in total. The molecule has 0 bridgehead atoms. The highest BCUT2D eigenvalue weighted by Crippen LogP contribution is 2.37. The predicted molar refractivity (Wildman–Crippen MR) is 59.6 cm³/mol. The third-order valence-corrected chi connectivity index (χ3v) is 2.99. The van der Waals surface area contributed by atoms with Gasteiger partial charge >= 0.3 is 5.97 Å². The van der Waals surface area contributed by atoms with Crippen LogP contribution in [0.15, 0.2) is 24.3 Å². The molecule has 0 fully saturated rings. The van der Waals surface area contributed by atoms with Crippen molar-refractivity contribution in [1.82, 2.24) is 0 Å². The Morgan fingerprint density at radius 2 is 1.93 bits per heavy atom. The Labute approximate surface area is 102 Å². The molecule has 0 unspecified atom stereocenters. The molecule has 5 heteroatoms. The van der Waals surface area contributed by atoms with E-state index >= 15 is 0 Å². The molecule has 2 rings (SSSR count). The van der Waals surface area contributed by atoms with E-state index in [0.29, 0.717) is 12.0 Å². The van der Waals surface area contributed by atoms with E-state index < -0.39 is 15.9 Å². The summed E-state index contributed by atoms with van der Waals surface area (Å²) in [6, 6.07) is 7.15. The fraction of sp³-hybridized carbons (Fsp3) is 0.300. The second-order valence-electron chi connectivity index (χ2n) is 3.30.